The molecular weight excluding hydrogens is 179 g/mol. The second kappa shape index (κ2) is 5.23. The van der Waals surface area contributed by atoms with Gasteiger partial charge in [-0.2, -0.15) is 5.26 Å². The highest BCUT2D eigenvalue weighted by Gasteiger charge is 2.03. The summed E-state index contributed by atoms with van der Waals surface area (Å²) in [4.78, 5) is 0. The number of nitrogens with zero attached hydrogens (tertiary/aromatic N) is 1. The van der Waals surface area contributed by atoms with E-state index >= 15 is 0 Å². The molecule has 1 rings (SSSR count). The lowest BCUT2D eigenvalue weighted by Crippen LogP contribution is -2.05. The van der Waals surface area contributed by atoms with E-state index in [1.807, 2.05) is 19.1 Å². The van der Waals surface area contributed by atoms with Crippen LogP contribution < -0.4 is 5.32 Å². The Morgan fingerprint density at radius 3 is 2.93 bits per heavy atom. The first-order chi connectivity index (χ1) is 6.79. The summed E-state index contributed by atoms with van der Waals surface area (Å²) < 4.78 is 11.9. The second-order valence-electron chi connectivity index (χ2n) is 3.08. The number of halogens is 1. The molecule has 0 aliphatic carbocycles. The van der Waals surface area contributed by atoms with E-state index in [0.29, 0.717) is 18.5 Å². The summed E-state index contributed by atoms with van der Waals surface area (Å²) in [5, 5.41) is 11.9. The number of hydrogen-bond donors (Lipinski definition) is 1. The van der Waals surface area contributed by atoms with Crippen LogP contribution in [0.4, 0.5) is 10.1 Å². The van der Waals surface area contributed by atoms with Gasteiger partial charge in [0.1, 0.15) is 6.07 Å². The molecule has 0 aliphatic heterocycles. The summed E-state index contributed by atoms with van der Waals surface area (Å²) in [5.41, 5.74) is 2.45. The van der Waals surface area contributed by atoms with Crippen molar-refractivity contribution in [1.29, 1.82) is 5.26 Å². The number of nitriles is 1. The van der Waals surface area contributed by atoms with E-state index in [1.54, 1.807) is 6.07 Å². The predicted molar refractivity (Wildman–Crippen MR) is 55.0 cm³/mol. The van der Waals surface area contributed by atoms with Crippen molar-refractivity contribution in [2.75, 3.05) is 18.5 Å². The molecule has 0 amide bonds. The minimum atomic E-state index is -0.333. The Morgan fingerprint density at radius 1 is 1.50 bits per heavy atom. The van der Waals surface area contributed by atoms with Gasteiger partial charge in [-0.3, -0.25) is 4.39 Å². The molecule has 0 aliphatic rings. The molecule has 0 unspecified atom stereocenters. The van der Waals surface area contributed by atoms with Crippen molar-refractivity contribution in [3.8, 4) is 6.07 Å². The third kappa shape index (κ3) is 2.46. The number of para-hydroxylation sites is 1. The van der Waals surface area contributed by atoms with Crippen LogP contribution >= 0.6 is 0 Å². The standard InChI is InChI=1S/C11H13FN2/c1-9-4-2-5-10(8-13)11(9)14-7-3-6-12/h2,4-5,14H,3,6-7H2,1H3. The van der Waals surface area contributed by atoms with Crippen LogP contribution in [0.2, 0.25) is 0 Å². The molecule has 0 fully saturated rings. The summed E-state index contributed by atoms with van der Waals surface area (Å²) in [7, 11) is 0. The van der Waals surface area contributed by atoms with Gasteiger partial charge >= 0.3 is 0 Å². The fourth-order valence-corrected chi connectivity index (χ4v) is 1.28. The van der Waals surface area contributed by atoms with Gasteiger partial charge in [0.2, 0.25) is 0 Å². The second-order valence-corrected chi connectivity index (χ2v) is 3.08. The van der Waals surface area contributed by atoms with Gasteiger partial charge in [-0.05, 0) is 25.0 Å². The Hall–Kier alpha value is -1.56. The molecule has 0 saturated heterocycles. The van der Waals surface area contributed by atoms with E-state index in [-0.39, 0.29) is 6.67 Å². The largest absolute Gasteiger partial charge is 0.384 e. The normalized spacial score (nSPS) is 9.50. The number of nitrogens with one attached hydrogen (secondary N) is 1. The molecule has 74 valence electrons. The van der Waals surface area contributed by atoms with E-state index in [9.17, 15) is 4.39 Å². The number of alkyl halides is 1. The van der Waals surface area contributed by atoms with Crippen LogP contribution in [0, 0.1) is 18.3 Å². The smallest absolute Gasteiger partial charge is 0.101 e. The fourth-order valence-electron chi connectivity index (χ4n) is 1.28. The van der Waals surface area contributed by atoms with Crippen LogP contribution in [0.15, 0.2) is 18.2 Å². The van der Waals surface area contributed by atoms with E-state index in [1.165, 1.54) is 0 Å². The topological polar surface area (TPSA) is 35.8 Å². The lowest BCUT2D eigenvalue weighted by Gasteiger charge is -2.09. The molecule has 14 heavy (non-hydrogen) atoms. The van der Waals surface area contributed by atoms with Crippen LogP contribution in [-0.2, 0) is 0 Å². The van der Waals surface area contributed by atoms with Gasteiger partial charge < -0.3 is 5.32 Å². The first-order valence-corrected chi connectivity index (χ1v) is 4.59. The van der Waals surface area contributed by atoms with Crippen molar-refractivity contribution < 1.29 is 4.39 Å². The molecule has 1 aromatic carbocycles. The Morgan fingerprint density at radius 2 is 2.29 bits per heavy atom. The number of rotatable bonds is 4. The molecule has 1 aromatic rings. The minimum absolute atomic E-state index is 0.333. The predicted octanol–water partition coefficient (Wildman–Crippen LogP) is 2.64. The molecule has 0 atom stereocenters. The van der Waals surface area contributed by atoms with Crippen molar-refractivity contribution in [2.45, 2.75) is 13.3 Å². The van der Waals surface area contributed by atoms with Gasteiger partial charge in [-0.25, -0.2) is 0 Å². The first-order valence-electron chi connectivity index (χ1n) is 4.59. The molecule has 3 heteroatoms. The monoisotopic (exact) mass is 192 g/mol. The molecule has 0 spiro atoms. The zero-order valence-electron chi connectivity index (χ0n) is 8.18. The number of hydrogen-bond acceptors (Lipinski definition) is 2. The van der Waals surface area contributed by atoms with Gasteiger partial charge in [0.15, 0.2) is 0 Å². The molecule has 0 radical (unpaired) electrons. The van der Waals surface area contributed by atoms with Crippen molar-refractivity contribution >= 4 is 5.69 Å². The highest BCUT2D eigenvalue weighted by Crippen LogP contribution is 2.19. The number of aryl methyl sites for hydroxylation is 1. The summed E-state index contributed by atoms with van der Waals surface area (Å²) in [6, 6.07) is 7.63. The van der Waals surface area contributed by atoms with Gasteiger partial charge in [0.25, 0.3) is 0 Å². The Bertz CT molecular complexity index is 342. The Balaban J connectivity index is 2.78. The third-order valence-corrected chi connectivity index (χ3v) is 2.01. The number of anilines is 1. The molecule has 0 heterocycles. The van der Waals surface area contributed by atoms with E-state index < -0.39 is 0 Å². The Labute approximate surface area is 83.4 Å². The zero-order chi connectivity index (χ0) is 10.4. The van der Waals surface area contributed by atoms with E-state index in [4.69, 9.17) is 5.26 Å². The van der Waals surface area contributed by atoms with Gasteiger partial charge in [-0.1, -0.05) is 12.1 Å². The van der Waals surface area contributed by atoms with Crippen LogP contribution in [-0.4, -0.2) is 13.2 Å². The van der Waals surface area contributed by atoms with Crippen LogP contribution in [0.25, 0.3) is 0 Å². The SMILES string of the molecule is Cc1cccc(C#N)c1NCCCF. The van der Waals surface area contributed by atoms with Crippen molar-refractivity contribution in [2.24, 2.45) is 0 Å². The summed E-state index contributed by atoms with van der Waals surface area (Å²) >= 11 is 0. The van der Waals surface area contributed by atoms with Gasteiger partial charge in [-0.15, -0.1) is 0 Å². The molecular formula is C11H13FN2. The highest BCUT2D eigenvalue weighted by atomic mass is 19.1. The molecule has 2 nitrogen and oxygen atoms in total. The average molecular weight is 192 g/mol. The van der Waals surface area contributed by atoms with Crippen LogP contribution in [0.1, 0.15) is 17.5 Å². The minimum Gasteiger partial charge on any atom is -0.384 e. The van der Waals surface area contributed by atoms with Crippen molar-refractivity contribution in [3.05, 3.63) is 29.3 Å². The summed E-state index contributed by atoms with van der Waals surface area (Å²) in [6.07, 6.45) is 0.471. The van der Waals surface area contributed by atoms with Crippen LogP contribution in [0.5, 0.6) is 0 Å². The lowest BCUT2D eigenvalue weighted by molar-refractivity contribution is 0.481. The molecule has 0 saturated carbocycles. The fraction of sp³-hybridized carbons (Fsp3) is 0.364. The average Bonchev–Trinajstić information content (AvgIpc) is 2.20. The van der Waals surface area contributed by atoms with E-state index in [2.05, 4.69) is 11.4 Å². The van der Waals surface area contributed by atoms with Gasteiger partial charge in [0.05, 0.1) is 17.9 Å². The molecule has 0 bridgehead atoms. The van der Waals surface area contributed by atoms with Crippen molar-refractivity contribution in [3.63, 3.8) is 0 Å². The number of benzene rings is 1. The molecule has 0 aromatic heterocycles. The summed E-state index contributed by atoms with van der Waals surface area (Å²) in [5.74, 6) is 0. The van der Waals surface area contributed by atoms with E-state index in [0.717, 1.165) is 11.3 Å². The van der Waals surface area contributed by atoms with Crippen LogP contribution in [0.3, 0.4) is 0 Å². The summed E-state index contributed by atoms with van der Waals surface area (Å²) in [6.45, 7) is 2.16. The maximum atomic E-state index is 11.9. The Kier molecular flexibility index (Phi) is 3.93. The zero-order valence-corrected chi connectivity index (χ0v) is 8.18. The lowest BCUT2D eigenvalue weighted by atomic mass is 10.1. The van der Waals surface area contributed by atoms with Gasteiger partial charge in [0, 0.05) is 6.54 Å². The first kappa shape index (κ1) is 10.5. The maximum absolute atomic E-state index is 11.9. The molecule has 1 N–H and O–H groups in total. The quantitative estimate of drug-likeness (QED) is 0.744. The third-order valence-electron chi connectivity index (χ3n) is 2.01. The highest BCUT2D eigenvalue weighted by molar-refractivity contribution is 5.62. The maximum Gasteiger partial charge on any atom is 0.101 e. The van der Waals surface area contributed by atoms with Crippen molar-refractivity contribution in [1.82, 2.24) is 0 Å².